The zero-order valence-electron chi connectivity index (χ0n) is 12.8. The summed E-state index contributed by atoms with van der Waals surface area (Å²) in [6, 6.07) is 1.37. The van der Waals surface area contributed by atoms with E-state index in [-0.39, 0.29) is 18.3 Å². The van der Waals surface area contributed by atoms with E-state index >= 15 is 0 Å². The molecule has 0 aromatic rings. The molecule has 4 nitrogen and oxygen atoms in total. The molecule has 122 valence electrons. The number of hydrogen-bond donors (Lipinski definition) is 2. The van der Waals surface area contributed by atoms with E-state index < -0.39 is 0 Å². The maximum atomic E-state index is 12.0. The van der Waals surface area contributed by atoms with Crippen molar-refractivity contribution in [3.05, 3.63) is 0 Å². The molecule has 3 heterocycles. The molecule has 0 spiro atoms. The van der Waals surface area contributed by atoms with Gasteiger partial charge in [-0.15, -0.1) is 12.4 Å². The van der Waals surface area contributed by atoms with Crippen LogP contribution in [0.25, 0.3) is 0 Å². The van der Waals surface area contributed by atoms with E-state index in [0.29, 0.717) is 24.1 Å². The first-order chi connectivity index (χ1) is 9.79. The minimum absolute atomic E-state index is 0. The van der Waals surface area contributed by atoms with Crippen LogP contribution in [0.2, 0.25) is 0 Å². The molecule has 5 heteroatoms. The van der Waals surface area contributed by atoms with Crippen LogP contribution in [-0.4, -0.2) is 37.2 Å². The topological polar surface area (TPSA) is 50.4 Å². The third-order valence-corrected chi connectivity index (χ3v) is 5.11. The highest BCUT2D eigenvalue weighted by atomic mass is 35.5. The number of halogens is 1. The van der Waals surface area contributed by atoms with Gasteiger partial charge in [-0.3, -0.25) is 4.79 Å². The molecule has 3 fully saturated rings. The summed E-state index contributed by atoms with van der Waals surface area (Å²) >= 11 is 0. The van der Waals surface area contributed by atoms with Crippen LogP contribution < -0.4 is 10.6 Å². The van der Waals surface area contributed by atoms with Crippen molar-refractivity contribution in [2.24, 2.45) is 5.92 Å². The van der Waals surface area contributed by atoms with E-state index in [1.54, 1.807) is 0 Å². The lowest BCUT2D eigenvalue weighted by atomic mass is 9.89. The van der Waals surface area contributed by atoms with Crippen LogP contribution in [0.15, 0.2) is 0 Å². The van der Waals surface area contributed by atoms with E-state index in [1.165, 1.54) is 38.5 Å². The Balaban J connectivity index is 0.00000161. The van der Waals surface area contributed by atoms with Gasteiger partial charge in [-0.2, -0.15) is 0 Å². The highest BCUT2D eigenvalue weighted by molar-refractivity contribution is 5.85. The molecular formula is C16H29ClN2O2. The van der Waals surface area contributed by atoms with Gasteiger partial charge >= 0.3 is 0 Å². The number of fused-ring (bicyclic) bond motifs is 2. The summed E-state index contributed by atoms with van der Waals surface area (Å²) < 4.78 is 5.69. The first kappa shape index (κ1) is 17.0. The average molecular weight is 317 g/mol. The minimum Gasteiger partial charge on any atom is -0.378 e. The van der Waals surface area contributed by atoms with Gasteiger partial charge < -0.3 is 15.4 Å². The fraction of sp³-hybridized carbons (Fsp3) is 0.938. The molecule has 3 aliphatic heterocycles. The Labute approximate surface area is 134 Å². The fourth-order valence-electron chi connectivity index (χ4n) is 4.08. The maximum absolute atomic E-state index is 12.0. The smallest absolute Gasteiger partial charge is 0.220 e. The lowest BCUT2D eigenvalue weighted by Crippen LogP contribution is -2.40. The molecule has 3 atom stereocenters. The van der Waals surface area contributed by atoms with Crippen LogP contribution in [0.4, 0.5) is 0 Å². The average Bonchev–Trinajstić information content (AvgIpc) is 2.79. The van der Waals surface area contributed by atoms with Crippen LogP contribution >= 0.6 is 12.4 Å². The molecule has 0 aromatic heterocycles. The number of piperidine rings is 1. The first-order valence-electron chi connectivity index (χ1n) is 8.44. The Morgan fingerprint density at radius 2 is 1.90 bits per heavy atom. The van der Waals surface area contributed by atoms with Gasteiger partial charge in [-0.1, -0.05) is 0 Å². The number of carbonyl (C=O) groups is 1. The van der Waals surface area contributed by atoms with Crippen LogP contribution in [0.5, 0.6) is 0 Å². The van der Waals surface area contributed by atoms with Crippen molar-refractivity contribution < 1.29 is 9.53 Å². The summed E-state index contributed by atoms with van der Waals surface area (Å²) in [5.41, 5.74) is 0. The number of carbonyl (C=O) groups excluding carboxylic acids is 1. The van der Waals surface area contributed by atoms with Gasteiger partial charge in [0.1, 0.15) is 0 Å². The number of ether oxygens (including phenoxy) is 1. The number of hydrogen-bond acceptors (Lipinski definition) is 3. The summed E-state index contributed by atoms with van der Waals surface area (Å²) in [5.74, 6) is 0.840. The standard InChI is InChI=1S/C16H28N2O2.ClH/c19-16(17-7-6-15-3-1-2-8-20-15)11-12-9-13-4-5-14(10-12)18-13;/h12-15,18H,1-11H2,(H,17,19);1H. The van der Waals surface area contributed by atoms with Crippen LogP contribution in [0.3, 0.4) is 0 Å². The Morgan fingerprint density at radius 1 is 1.14 bits per heavy atom. The second kappa shape index (κ2) is 8.35. The normalized spacial score (nSPS) is 35.0. The van der Waals surface area contributed by atoms with Crippen molar-refractivity contribution in [1.82, 2.24) is 10.6 Å². The van der Waals surface area contributed by atoms with Gasteiger partial charge in [0, 0.05) is 31.7 Å². The number of rotatable bonds is 5. The first-order valence-corrected chi connectivity index (χ1v) is 8.44. The van der Waals surface area contributed by atoms with E-state index in [4.69, 9.17) is 4.74 Å². The van der Waals surface area contributed by atoms with Crippen molar-refractivity contribution in [1.29, 1.82) is 0 Å². The molecule has 3 unspecified atom stereocenters. The minimum atomic E-state index is 0. The number of amides is 1. The zero-order chi connectivity index (χ0) is 13.8. The molecule has 3 rings (SSSR count). The summed E-state index contributed by atoms with van der Waals surface area (Å²) in [6.45, 7) is 1.68. The van der Waals surface area contributed by atoms with E-state index in [9.17, 15) is 4.79 Å². The third-order valence-electron chi connectivity index (χ3n) is 5.11. The monoisotopic (exact) mass is 316 g/mol. The molecule has 0 radical (unpaired) electrons. The SMILES string of the molecule is Cl.O=C(CC1CC2CCC(C1)N2)NCCC1CCCCO1. The van der Waals surface area contributed by atoms with Crippen molar-refractivity contribution in [2.45, 2.75) is 76.0 Å². The second-order valence-electron chi connectivity index (χ2n) is 6.81. The van der Waals surface area contributed by atoms with Gasteiger partial charge in [0.25, 0.3) is 0 Å². The largest absolute Gasteiger partial charge is 0.378 e. The molecule has 3 aliphatic rings. The zero-order valence-corrected chi connectivity index (χ0v) is 13.6. The van der Waals surface area contributed by atoms with Crippen molar-refractivity contribution in [2.75, 3.05) is 13.2 Å². The lowest BCUT2D eigenvalue weighted by Gasteiger charge is -2.28. The van der Waals surface area contributed by atoms with E-state index in [2.05, 4.69) is 10.6 Å². The van der Waals surface area contributed by atoms with E-state index in [1.807, 2.05) is 0 Å². The molecule has 2 N–H and O–H groups in total. The maximum Gasteiger partial charge on any atom is 0.220 e. The molecule has 0 aliphatic carbocycles. The summed E-state index contributed by atoms with van der Waals surface area (Å²) in [4.78, 5) is 12.0. The third kappa shape index (κ3) is 5.11. The molecule has 1 amide bonds. The van der Waals surface area contributed by atoms with Gasteiger partial charge in [-0.25, -0.2) is 0 Å². The Hall–Kier alpha value is -0.320. The van der Waals surface area contributed by atoms with Crippen LogP contribution in [0, 0.1) is 5.92 Å². The van der Waals surface area contributed by atoms with Gasteiger partial charge in [0.15, 0.2) is 0 Å². The predicted octanol–water partition coefficient (Wildman–Crippen LogP) is 2.40. The summed E-state index contributed by atoms with van der Waals surface area (Å²) in [5, 5.41) is 6.72. The van der Waals surface area contributed by atoms with Gasteiger partial charge in [0.05, 0.1) is 6.10 Å². The Morgan fingerprint density at radius 3 is 2.57 bits per heavy atom. The highest BCUT2D eigenvalue weighted by Gasteiger charge is 2.34. The van der Waals surface area contributed by atoms with E-state index in [0.717, 1.165) is 32.4 Å². The van der Waals surface area contributed by atoms with Gasteiger partial charge in [-0.05, 0) is 57.3 Å². The quantitative estimate of drug-likeness (QED) is 0.819. The van der Waals surface area contributed by atoms with Crippen molar-refractivity contribution in [3.63, 3.8) is 0 Å². The molecule has 0 aromatic carbocycles. The van der Waals surface area contributed by atoms with Gasteiger partial charge in [0.2, 0.25) is 5.91 Å². The molecule has 0 saturated carbocycles. The predicted molar refractivity (Wildman–Crippen MR) is 85.8 cm³/mol. The second-order valence-corrected chi connectivity index (χ2v) is 6.81. The summed E-state index contributed by atoms with van der Waals surface area (Å²) in [6.07, 6.45) is 10.7. The summed E-state index contributed by atoms with van der Waals surface area (Å²) in [7, 11) is 0. The van der Waals surface area contributed by atoms with Crippen LogP contribution in [-0.2, 0) is 9.53 Å². The van der Waals surface area contributed by atoms with Crippen molar-refractivity contribution in [3.8, 4) is 0 Å². The molecule has 3 saturated heterocycles. The molecular weight excluding hydrogens is 288 g/mol. The molecule has 21 heavy (non-hydrogen) atoms. The van der Waals surface area contributed by atoms with Crippen LogP contribution in [0.1, 0.15) is 57.8 Å². The number of nitrogens with one attached hydrogen (secondary N) is 2. The highest BCUT2D eigenvalue weighted by Crippen LogP contribution is 2.32. The Kier molecular flexibility index (Phi) is 6.77. The molecule has 2 bridgehead atoms. The lowest BCUT2D eigenvalue weighted by molar-refractivity contribution is -0.122. The Bertz CT molecular complexity index is 322. The van der Waals surface area contributed by atoms with Crippen molar-refractivity contribution >= 4 is 18.3 Å². The fourth-order valence-corrected chi connectivity index (χ4v) is 4.08.